The van der Waals surface area contributed by atoms with E-state index < -0.39 is 0 Å². The number of rotatable bonds is 5. The van der Waals surface area contributed by atoms with Crippen molar-refractivity contribution in [1.82, 2.24) is 9.55 Å². The maximum atomic E-state index is 13.3. The van der Waals surface area contributed by atoms with Crippen molar-refractivity contribution in [2.75, 3.05) is 11.1 Å². The molecule has 1 aromatic heterocycles. The first-order valence-corrected chi connectivity index (χ1v) is 10.6. The van der Waals surface area contributed by atoms with E-state index >= 15 is 0 Å². The van der Waals surface area contributed by atoms with E-state index in [-0.39, 0.29) is 17.2 Å². The van der Waals surface area contributed by atoms with Crippen LogP contribution in [-0.4, -0.2) is 21.2 Å². The van der Waals surface area contributed by atoms with Crippen LogP contribution in [0, 0.1) is 18.3 Å². The van der Waals surface area contributed by atoms with Crippen molar-refractivity contribution in [3.63, 3.8) is 0 Å². The molecule has 0 saturated heterocycles. The van der Waals surface area contributed by atoms with Gasteiger partial charge in [-0.15, -0.1) is 0 Å². The van der Waals surface area contributed by atoms with Crippen molar-refractivity contribution in [3.05, 3.63) is 94.3 Å². The van der Waals surface area contributed by atoms with Crippen LogP contribution in [0.25, 0.3) is 16.6 Å². The fourth-order valence-electron chi connectivity index (χ4n) is 3.24. The van der Waals surface area contributed by atoms with Crippen LogP contribution in [-0.2, 0) is 4.79 Å². The molecule has 1 N–H and O–H groups in total. The van der Waals surface area contributed by atoms with Crippen LogP contribution in [0.15, 0.2) is 82.7 Å². The van der Waals surface area contributed by atoms with Crippen molar-refractivity contribution < 1.29 is 4.79 Å². The number of hydrogen-bond donors (Lipinski definition) is 1. The Hall–Kier alpha value is -3.89. The predicted molar refractivity (Wildman–Crippen MR) is 123 cm³/mol. The molecule has 7 heteroatoms. The van der Waals surface area contributed by atoms with E-state index in [1.807, 2.05) is 37.3 Å². The number of benzene rings is 3. The smallest absolute Gasteiger partial charge is 0.266 e. The summed E-state index contributed by atoms with van der Waals surface area (Å²) >= 11 is 1.18. The highest BCUT2D eigenvalue weighted by molar-refractivity contribution is 7.99. The molecular weight excluding hydrogens is 408 g/mol. The number of amides is 1. The molecule has 0 radical (unpaired) electrons. The summed E-state index contributed by atoms with van der Waals surface area (Å²) in [5, 5.41) is 12.9. The Bertz CT molecular complexity index is 1390. The molecule has 0 saturated carbocycles. The molecule has 152 valence electrons. The van der Waals surface area contributed by atoms with Gasteiger partial charge in [-0.2, -0.15) is 5.26 Å². The molecule has 1 heterocycles. The Morgan fingerprint density at radius 3 is 2.58 bits per heavy atom. The molecule has 6 nitrogen and oxygen atoms in total. The van der Waals surface area contributed by atoms with E-state index in [4.69, 9.17) is 0 Å². The lowest BCUT2D eigenvalue weighted by molar-refractivity contribution is -0.113. The standard InChI is InChI=1S/C24H18N4O2S/c1-16-8-2-7-13-21(16)28-23(30)18-10-4-6-12-20(18)27-24(28)31-15-22(29)26-19-11-5-3-9-17(19)14-25/h2-13H,15H2,1H3,(H,26,29). The highest BCUT2D eigenvalue weighted by Crippen LogP contribution is 2.23. The van der Waals surface area contributed by atoms with E-state index in [1.165, 1.54) is 11.8 Å². The van der Waals surface area contributed by atoms with Crippen LogP contribution in [0.2, 0.25) is 0 Å². The van der Waals surface area contributed by atoms with Crippen LogP contribution >= 0.6 is 11.8 Å². The lowest BCUT2D eigenvalue weighted by Gasteiger charge is -2.15. The first-order chi connectivity index (χ1) is 15.1. The lowest BCUT2D eigenvalue weighted by Crippen LogP contribution is -2.23. The SMILES string of the molecule is Cc1ccccc1-n1c(SCC(=O)Nc2ccccc2C#N)nc2ccccc2c1=O. The third-order valence-corrected chi connectivity index (χ3v) is 5.69. The van der Waals surface area contributed by atoms with Crippen molar-refractivity contribution in [2.24, 2.45) is 0 Å². The van der Waals surface area contributed by atoms with Gasteiger partial charge < -0.3 is 5.32 Å². The molecule has 4 rings (SSSR count). The van der Waals surface area contributed by atoms with Gasteiger partial charge in [0.25, 0.3) is 5.56 Å². The lowest BCUT2D eigenvalue weighted by atomic mass is 10.2. The first-order valence-electron chi connectivity index (χ1n) is 9.58. The zero-order chi connectivity index (χ0) is 21.8. The molecule has 0 bridgehead atoms. The molecule has 4 aromatic rings. The molecule has 0 aliphatic rings. The number of carbonyl (C=O) groups excluding carboxylic acids is 1. The predicted octanol–water partition coefficient (Wildman–Crippen LogP) is 4.30. The number of aromatic nitrogens is 2. The number of anilines is 1. The second-order valence-corrected chi connectivity index (χ2v) is 7.78. The van der Waals surface area contributed by atoms with Crippen molar-refractivity contribution in [3.8, 4) is 11.8 Å². The summed E-state index contributed by atoms with van der Waals surface area (Å²) in [4.78, 5) is 30.5. The number of fused-ring (bicyclic) bond motifs is 1. The van der Waals surface area contributed by atoms with Crippen LogP contribution in [0.5, 0.6) is 0 Å². The zero-order valence-electron chi connectivity index (χ0n) is 16.7. The molecule has 1 amide bonds. The highest BCUT2D eigenvalue weighted by atomic mass is 32.2. The summed E-state index contributed by atoms with van der Waals surface area (Å²) in [6.07, 6.45) is 0. The van der Waals surface area contributed by atoms with Crippen LogP contribution in [0.1, 0.15) is 11.1 Å². The van der Waals surface area contributed by atoms with Crippen molar-refractivity contribution in [2.45, 2.75) is 12.1 Å². The fourth-order valence-corrected chi connectivity index (χ4v) is 4.05. The van der Waals surface area contributed by atoms with Gasteiger partial charge in [0, 0.05) is 0 Å². The second kappa shape index (κ2) is 8.86. The fraction of sp³-hybridized carbons (Fsp3) is 0.0833. The number of nitrogens with one attached hydrogen (secondary N) is 1. The third kappa shape index (κ3) is 4.20. The third-order valence-electron chi connectivity index (χ3n) is 4.76. The molecule has 0 aliphatic carbocycles. The van der Waals surface area contributed by atoms with Crippen molar-refractivity contribution in [1.29, 1.82) is 5.26 Å². The number of nitriles is 1. The summed E-state index contributed by atoms with van der Waals surface area (Å²) in [6, 6.07) is 23.6. The number of nitrogens with zero attached hydrogens (tertiary/aromatic N) is 3. The number of carbonyl (C=O) groups is 1. The van der Waals surface area contributed by atoms with Gasteiger partial charge in [-0.25, -0.2) is 4.98 Å². The monoisotopic (exact) mass is 426 g/mol. The Morgan fingerprint density at radius 1 is 1.06 bits per heavy atom. The minimum absolute atomic E-state index is 0.0381. The topological polar surface area (TPSA) is 87.8 Å². The normalized spacial score (nSPS) is 10.6. The minimum Gasteiger partial charge on any atom is -0.324 e. The number of para-hydroxylation sites is 3. The van der Waals surface area contributed by atoms with Crippen molar-refractivity contribution >= 4 is 34.3 Å². The molecular formula is C24H18N4O2S. The van der Waals surface area contributed by atoms with Crippen LogP contribution in [0.4, 0.5) is 5.69 Å². The van der Waals surface area contributed by atoms with Gasteiger partial charge in [0.2, 0.25) is 5.91 Å². The van der Waals surface area contributed by atoms with E-state index in [0.717, 1.165) is 11.3 Å². The molecule has 0 fully saturated rings. The summed E-state index contributed by atoms with van der Waals surface area (Å²) in [5.74, 6) is -0.248. The number of hydrogen-bond acceptors (Lipinski definition) is 5. The average molecular weight is 427 g/mol. The Kier molecular flexibility index (Phi) is 5.83. The van der Waals surface area contributed by atoms with Gasteiger partial charge in [0.05, 0.1) is 33.6 Å². The van der Waals surface area contributed by atoms with Crippen LogP contribution < -0.4 is 10.9 Å². The van der Waals surface area contributed by atoms with Gasteiger partial charge in [0.1, 0.15) is 6.07 Å². The summed E-state index contributed by atoms with van der Waals surface area (Å²) in [6.45, 7) is 1.93. The molecule has 31 heavy (non-hydrogen) atoms. The van der Waals surface area contributed by atoms with Gasteiger partial charge in [-0.3, -0.25) is 14.2 Å². The Labute approximate surface area is 183 Å². The minimum atomic E-state index is -0.286. The van der Waals surface area contributed by atoms with E-state index in [1.54, 1.807) is 47.0 Å². The molecule has 0 spiro atoms. The van der Waals surface area contributed by atoms with E-state index in [0.29, 0.717) is 27.3 Å². The quantitative estimate of drug-likeness (QED) is 0.380. The Balaban J connectivity index is 1.69. The second-order valence-electron chi connectivity index (χ2n) is 6.83. The maximum absolute atomic E-state index is 13.3. The molecule has 3 aromatic carbocycles. The van der Waals surface area contributed by atoms with Gasteiger partial charge >= 0.3 is 0 Å². The Morgan fingerprint density at radius 2 is 1.77 bits per heavy atom. The maximum Gasteiger partial charge on any atom is 0.266 e. The average Bonchev–Trinajstić information content (AvgIpc) is 2.79. The molecule has 0 atom stereocenters. The summed E-state index contributed by atoms with van der Waals surface area (Å²) < 4.78 is 1.55. The van der Waals surface area contributed by atoms with Gasteiger partial charge in [0.15, 0.2) is 5.16 Å². The largest absolute Gasteiger partial charge is 0.324 e. The molecule has 0 aliphatic heterocycles. The summed E-state index contributed by atoms with van der Waals surface area (Å²) in [5.41, 5.74) is 2.90. The first kappa shape index (κ1) is 20.4. The van der Waals surface area contributed by atoms with E-state index in [2.05, 4.69) is 16.4 Å². The summed E-state index contributed by atoms with van der Waals surface area (Å²) in [7, 11) is 0. The van der Waals surface area contributed by atoms with Crippen LogP contribution in [0.3, 0.4) is 0 Å². The zero-order valence-corrected chi connectivity index (χ0v) is 17.5. The number of thioether (sulfide) groups is 1. The van der Waals surface area contributed by atoms with Gasteiger partial charge in [-0.1, -0.05) is 54.2 Å². The van der Waals surface area contributed by atoms with E-state index in [9.17, 15) is 14.9 Å². The van der Waals surface area contributed by atoms with Gasteiger partial charge in [-0.05, 0) is 42.8 Å². The highest BCUT2D eigenvalue weighted by Gasteiger charge is 2.16. The molecule has 0 unspecified atom stereocenters. The number of aryl methyl sites for hydroxylation is 1.